The van der Waals surface area contributed by atoms with Gasteiger partial charge in [0.05, 0.1) is 17.1 Å². The van der Waals surface area contributed by atoms with Crippen molar-refractivity contribution in [3.8, 4) is 11.4 Å². The predicted octanol–water partition coefficient (Wildman–Crippen LogP) is 1.23. The number of fused-ring (bicyclic) bond motifs is 4. The largest absolute Gasteiger partial charge is 0.344 e. The molecule has 2 aromatic heterocycles. The van der Waals surface area contributed by atoms with Gasteiger partial charge in [0.1, 0.15) is 15.7 Å². The van der Waals surface area contributed by atoms with E-state index in [4.69, 9.17) is 0 Å². The number of imidazole rings is 1. The van der Waals surface area contributed by atoms with Gasteiger partial charge >= 0.3 is 0 Å². The van der Waals surface area contributed by atoms with Gasteiger partial charge in [-0.1, -0.05) is 0 Å². The van der Waals surface area contributed by atoms with E-state index in [0.29, 0.717) is 40.8 Å². The molecular weight excluding hydrogens is 364 g/mol. The highest BCUT2D eigenvalue weighted by atomic mass is 32.2. The molecule has 7 nitrogen and oxygen atoms in total. The highest BCUT2D eigenvalue weighted by molar-refractivity contribution is 7.91. The van der Waals surface area contributed by atoms with Gasteiger partial charge in [-0.05, 0) is 37.3 Å². The van der Waals surface area contributed by atoms with Gasteiger partial charge in [0.2, 0.25) is 0 Å². The SMILES string of the molecule is O=c1c(-c2ncc[nH]2)ccc2n1C[C@H]1C[C@@H]2CN(C2CCS(=O)(=O)CC2)C1. The lowest BCUT2D eigenvalue weighted by atomic mass is 9.82. The lowest BCUT2D eigenvalue weighted by Gasteiger charge is -2.46. The molecule has 144 valence electrons. The third kappa shape index (κ3) is 3.04. The Kier molecular flexibility index (Phi) is 4.01. The number of hydrogen-bond donors (Lipinski definition) is 1. The summed E-state index contributed by atoms with van der Waals surface area (Å²) in [6, 6.07) is 4.33. The molecular formula is C19H24N4O3S. The minimum absolute atomic E-state index is 0.0364. The Labute approximate surface area is 158 Å². The van der Waals surface area contributed by atoms with Crippen molar-refractivity contribution in [1.29, 1.82) is 0 Å². The molecule has 0 aliphatic carbocycles. The lowest BCUT2D eigenvalue weighted by Crippen LogP contribution is -2.52. The van der Waals surface area contributed by atoms with Crippen LogP contribution in [0.3, 0.4) is 0 Å². The quantitative estimate of drug-likeness (QED) is 0.836. The van der Waals surface area contributed by atoms with Gasteiger partial charge in [0, 0.05) is 49.7 Å². The molecule has 0 aromatic carbocycles. The van der Waals surface area contributed by atoms with Crippen molar-refractivity contribution >= 4 is 9.84 Å². The third-order valence-electron chi connectivity index (χ3n) is 6.43. The number of nitrogens with zero attached hydrogens (tertiary/aromatic N) is 3. The zero-order chi connectivity index (χ0) is 18.6. The minimum atomic E-state index is -2.83. The molecule has 2 bridgehead atoms. The maximum Gasteiger partial charge on any atom is 0.261 e. The van der Waals surface area contributed by atoms with Gasteiger partial charge in [-0.2, -0.15) is 0 Å². The number of aromatic nitrogens is 3. The zero-order valence-corrected chi connectivity index (χ0v) is 16.0. The minimum Gasteiger partial charge on any atom is -0.344 e. The number of aromatic amines is 1. The molecule has 0 amide bonds. The number of sulfone groups is 1. The van der Waals surface area contributed by atoms with Crippen LogP contribution >= 0.6 is 0 Å². The van der Waals surface area contributed by atoms with E-state index in [-0.39, 0.29) is 5.56 Å². The average Bonchev–Trinajstić information content (AvgIpc) is 3.17. The fraction of sp³-hybridized carbons (Fsp3) is 0.579. The van der Waals surface area contributed by atoms with Crippen LogP contribution in [0.15, 0.2) is 29.3 Å². The molecule has 8 heteroatoms. The summed E-state index contributed by atoms with van der Waals surface area (Å²) in [4.78, 5) is 22.8. The van der Waals surface area contributed by atoms with Gasteiger partial charge < -0.3 is 9.55 Å². The number of nitrogens with one attached hydrogen (secondary N) is 1. The van der Waals surface area contributed by atoms with Crippen LogP contribution in [0.5, 0.6) is 0 Å². The van der Waals surface area contributed by atoms with Crippen molar-refractivity contribution in [2.75, 3.05) is 24.6 Å². The van der Waals surface area contributed by atoms with E-state index in [1.165, 1.54) is 0 Å². The molecule has 0 radical (unpaired) electrons. The van der Waals surface area contributed by atoms with E-state index >= 15 is 0 Å². The standard InChI is InChI=1S/C19H24N4O3S/c24-19-16(18-20-5-6-21-18)1-2-17-14-9-13(11-23(17)19)10-22(12-14)15-3-7-27(25,26)8-4-15/h1-2,5-6,13-15H,3-4,7-12H2,(H,20,21)/t13-,14+/m0/s1. The molecule has 0 spiro atoms. The van der Waals surface area contributed by atoms with Crippen LogP contribution in [0.1, 0.15) is 30.9 Å². The second-order valence-corrected chi connectivity index (χ2v) is 10.5. The number of piperidine rings is 1. The van der Waals surface area contributed by atoms with Crippen LogP contribution in [-0.2, 0) is 16.4 Å². The van der Waals surface area contributed by atoms with E-state index in [1.807, 2.05) is 10.6 Å². The normalized spacial score (nSPS) is 28.0. The topological polar surface area (TPSA) is 88.1 Å². The Morgan fingerprint density at radius 3 is 2.67 bits per heavy atom. The Morgan fingerprint density at radius 1 is 1.11 bits per heavy atom. The smallest absolute Gasteiger partial charge is 0.261 e. The number of rotatable bonds is 2. The lowest BCUT2D eigenvalue weighted by molar-refractivity contribution is 0.0768. The van der Waals surface area contributed by atoms with E-state index in [9.17, 15) is 13.2 Å². The molecule has 2 saturated heterocycles. The van der Waals surface area contributed by atoms with E-state index in [0.717, 1.165) is 44.6 Å². The highest BCUT2D eigenvalue weighted by Gasteiger charge is 2.38. The fourth-order valence-electron chi connectivity index (χ4n) is 5.12. The van der Waals surface area contributed by atoms with Crippen LogP contribution in [0.25, 0.3) is 11.4 Å². The van der Waals surface area contributed by atoms with Gasteiger partial charge in [-0.3, -0.25) is 9.69 Å². The van der Waals surface area contributed by atoms with Crippen molar-refractivity contribution in [3.63, 3.8) is 0 Å². The van der Waals surface area contributed by atoms with Crippen molar-refractivity contribution in [1.82, 2.24) is 19.4 Å². The molecule has 1 N–H and O–H groups in total. The molecule has 5 heterocycles. The molecule has 27 heavy (non-hydrogen) atoms. The van der Waals surface area contributed by atoms with Gasteiger partial charge in [-0.25, -0.2) is 13.4 Å². The first-order valence-electron chi connectivity index (χ1n) is 9.68. The summed E-state index contributed by atoms with van der Waals surface area (Å²) >= 11 is 0. The van der Waals surface area contributed by atoms with Gasteiger partial charge in [0.25, 0.3) is 5.56 Å². The van der Waals surface area contributed by atoms with Crippen LogP contribution in [0.4, 0.5) is 0 Å². The number of pyridine rings is 1. The van der Waals surface area contributed by atoms with Crippen molar-refractivity contribution in [3.05, 3.63) is 40.6 Å². The van der Waals surface area contributed by atoms with Crippen molar-refractivity contribution in [2.24, 2.45) is 5.92 Å². The van der Waals surface area contributed by atoms with E-state index in [1.54, 1.807) is 12.4 Å². The third-order valence-corrected chi connectivity index (χ3v) is 8.14. The summed E-state index contributed by atoms with van der Waals surface area (Å²) in [7, 11) is -2.83. The second kappa shape index (κ2) is 6.31. The summed E-state index contributed by atoms with van der Waals surface area (Å²) in [6.45, 7) is 2.61. The molecule has 5 rings (SSSR count). The summed E-state index contributed by atoms with van der Waals surface area (Å²) in [5.41, 5.74) is 1.77. The second-order valence-electron chi connectivity index (χ2n) is 8.16. The van der Waals surface area contributed by atoms with Crippen LogP contribution < -0.4 is 5.56 Å². The summed E-state index contributed by atoms with van der Waals surface area (Å²) in [6.07, 6.45) is 5.99. The van der Waals surface area contributed by atoms with Crippen molar-refractivity contribution in [2.45, 2.75) is 37.8 Å². The maximum atomic E-state index is 13.0. The number of likely N-dealkylation sites (tertiary alicyclic amines) is 1. The molecule has 3 aliphatic heterocycles. The van der Waals surface area contributed by atoms with Crippen molar-refractivity contribution < 1.29 is 8.42 Å². The molecule has 3 aliphatic rings. The number of hydrogen-bond acceptors (Lipinski definition) is 5. The Hall–Kier alpha value is -1.93. The van der Waals surface area contributed by atoms with Gasteiger partial charge in [-0.15, -0.1) is 0 Å². The average molecular weight is 388 g/mol. The maximum absolute atomic E-state index is 13.0. The molecule has 2 atom stereocenters. The molecule has 2 fully saturated rings. The summed E-state index contributed by atoms with van der Waals surface area (Å²) < 4.78 is 25.4. The van der Waals surface area contributed by atoms with Crippen LogP contribution in [0.2, 0.25) is 0 Å². The first-order valence-corrected chi connectivity index (χ1v) is 11.5. The summed E-state index contributed by atoms with van der Waals surface area (Å²) in [5, 5.41) is 0. The molecule has 2 aromatic rings. The Bertz CT molecular complexity index is 998. The van der Waals surface area contributed by atoms with Crippen LogP contribution in [0, 0.1) is 5.92 Å². The predicted molar refractivity (Wildman–Crippen MR) is 102 cm³/mol. The highest BCUT2D eigenvalue weighted by Crippen LogP contribution is 2.37. The Morgan fingerprint density at radius 2 is 1.93 bits per heavy atom. The first-order chi connectivity index (χ1) is 13.0. The van der Waals surface area contributed by atoms with Crippen LogP contribution in [-0.4, -0.2) is 58.5 Å². The number of H-pyrrole nitrogens is 1. The molecule has 0 unspecified atom stereocenters. The Balaban J connectivity index is 1.42. The molecule has 0 saturated carbocycles. The first kappa shape index (κ1) is 17.2. The van der Waals surface area contributed by atoms with E-state index < -0.39 is 9.84 Å². The fourth-order valence-corrected chi connectivity index (χ4v) is 6.58. The zero-order valence-electron chi connectivity index (χ0n) is 15.2. The van der Waals surface area contributed by atoms with E-state index in [2.05, 4.69) is 20.9 Å². The monoisotopic (exact) mass is 388 g/mol. The summed E-state index contributed by atoms with van der Waals surface area (Å²) in [5.74, 6) is 2.03. The van der Waals surface area contributed by atoms with Gasteiger partial charge in [0.15, 0.2) is 0 Å².